The largest absolute Gasteiger partial charge is 0.495 e. The third-order valence-electron chi connectivity index (χ3n) is 3.71. The molecular weight excluding hydrogens is 357 g/mol. The first-order chi connectivity index (χ1) is 12.1. The Bertz CT molecular complexity index is 883. The van der Waals surface area contributed by atoms with Gasteiger partial charge in [0.1, 0.15) is 10.8 Å². The van der Waals surface area contributed by atoms with E-state index < -0.39 is 0 Å². The molecule has 0 heterocycles. The molecule has 0 saturated heterocycles. The lowest BCUT2D eigenvalue weighted by atomic mass is 10.1. The zero-order valence-electron chi connectivity index (χ0n) is 13.4. The minimum atomic E-state index is -0.233. The van der Waals surface area contributed by atoms with Crippen molar-refractivity contribution in [2.75, 3.05) is 12.0 Å². The van der Waals surface area contributed by atoms with Gasteiger partial charge in [0, 0.05) is 11.3 Å². The maximum absolute atomic E-state index is 13.2. The summed E-state index contributed by atoms with van der Waals surface area (Å²) < 4.78 is 5.28. The van der Waals surface area contributed by atoms with Gasteiger partial charge in [-0.25, -0.2) is 0 Å². The highest BCUT2D eigenvalue weighted by atomic mass is 35.5. The molecule has 0 aliphatic carbocycles. The highest BCUT2D eigenvalue weighted by Gasteiger charge is 2.26. The number of hydrogen-bond acceptors (Lipinski definition) is 2. The summed E-state index contributed by atoms with van der Waals surface area (Å²) in [7, 11) is 1.52. The molecule has 0 aromatic heterocycles. The van der Waals surface area contributed by atoms with Crippen LogP contribution in [0.1, 0.15) is 10.4 Å². The predicted molar refractivity (Wildman–Crippen MR) is 102 cm³/mol. The van der Waals surface area contributed by atoms with E-state index in [0.29, 0.717) is 27.7 Å². The van der Waals surface area contributed by atoms with Gasteiger partial charge >= 0.3 is 0 Å². The number of rotatable bonds is 4. The van der Waals surface area contributed by atoms with Gasteiger partial charge in [-0.3, -0.25) is 9.69 Å². The number of methoxy groups -OCH3 is 1. The minimum Gasteiger partial charge on any atom is -0.495 e. The molecule has 0 spiro atoms. The smallest absolute Gasteiger partial charge is 0.262 e. The number of halogens is 2. The third kappa shape index (κ3) is 3.48. The van der Waals surface area contributed by atoms with E-state index in [1.54, 1.807) is 24.3 Å². The van der Waals surface area contributed by atoms with E-state index in [1.165, 1.54) is 12.0 Å². The molecule has 0 aliphatic heterocycles. The van der Waals surface area contributed by atoms with Crippen molar-refractivity contribution >= 4 is 40.5 Å². The molecule has 3 aromatic carbocycles. The van der Waals surface area contributed by atoms with Crippen LogP contribution < -0.4 is 9.64 Å². The zero-order chi connectivity index (χ0) is 17.8. The number of carbonyl (C=O) groups is 1. The molecule has 0 fully saturated rings. The molecule has 1 amide bonds. The van der Waals surface area contributed by atoms with E-state index in [1.807, 2.05) is 48.5 Å². The lowest BCUT2D eigenvalue weighted by Gasteiger charge is -2.26. The summed E-state index contributed by atoms with van der Waals surface area (Å²) >= 11 is 12.9. The number of hydrogen-bond donors (Lipinski definition) is 0. The first kappa shape index (κ1) is 17.3. The van der Waals surface area contributed by atoms with E-state index in [2.05, 4.69) is 0 Å². The Morgan fingerprint density at radius 1 is 0.880 bits per heavy atom. The molecule has 0 bridgehead atoms. The molecule has 3 aromatic rings. The van der Waals surface area contributed by atoms with Crippen LogP contribution in [0.15, 0.2) is 72.8 Å². The second kappa shape index (κ2) is 7.60. The summed E-state index contributed by atoms with van der Waals surface area (Å²) in [5, 5.41) is 0.641. The Kier molecular flexibility index (Phi) is 5.27. The zero-order valence-corrected chi connectivity index (χ0v) is 15.0. The Balaban J connectivity index is 2.22. The van der Waals surface area contributed by atoms with Gasteiger partial charge in [0.05, 0.1) is 17.8 Å². The second-order valence-corrected chi connectivity index (χ2v) is 6.04. The number of anilines is 2. The Morgan fingerprint density at radius 2 is 1.48 bits per heavy atom. The monoisotopic (exact) mass is 371 g/mol. The molecule has 0 atom stereocenters. The summed E-state index contributed by atoms with van der Waals surface area (Å²) in [6.45, 7) is 0. The van der Waals surface area contributed by atoms with Crippen molar-refractivity contribution in [3.8, 4) is 5.75 Å². The maximum atomic E-state index is 13.2. The van der Waals surface area contributed by atoms with E-state index in [4.69, 9.17) is 27.9 Å². The molecule has 3 nitrogen and oxygen atoms in total. The molecule has 0 saturated carbocycles. The molecule has 0 aliphatic rings. The second-order valence-electron chi connectivity index (χ2n) is 5.25. The van der Waals surface area contributed by atoms with Crippen LogP contribution in [0, 0.1) is 0 Å². The van der Waals surface area contributed by atoms with Crippen molar-refractivity contribution in [2.45, 2.75) is 0 Å². The van der Waals surface area contributed by atoms with Crippen molar-refractivity contribution < 1.29 is 9.53 Å². The molecule has 5 heteroatoms. The quantitative estimate of drug-likeness (QED) is 0.564. The Hall–Kier alpha value is -2.49. The van der Waals surface area contributed by atoms with Gasteiger partial charge < -0.3 is 4.74 Å². The number of para-hydroxylation sites is 1. The van der Waals surface area contributed by atoms with Gasteiger partial charge in [-0.1, -0.05) is 59.6 Å². The molecule has 0 N–H and O–H groups in total. The topological polar surface area (TPSA) is 29.5 Å². The molecular formula is C20H15Cl2NO2. The maximum Gasteiger partial charge on any atom is 0.262 e. The fourth-order valence-corrected chi connectivity index (χ4v) is 3.14. The summed E-state index contributed by atoms with van der Waals surface area (Å²) in [6.07, 6.45) is 0. The summed E-state index contributed by atoms with van der Waals surface area (Å²) in [5.41, 5.74) is 1.58. The van der Waals surface area contributed by atoms with Crippen LogP contribution in [0.5, 0.6) is 5.75 Å². The standard InChI is InChI=1S/C20H15Cl2NO2/c1-25-17-13-12-16(21)19(18(17)22)23(15-10-6-3-7-11-15)20(24)14-8-4-2-5-9-14/h2-13H,1H3. The van der Waals surface area contributed by atoms with Crippen molar-refractivity contribution in [1.82, 2.24) is 0 Å². The van der Waals surface area contributed by atoms with Crippen LogP contribution in [0.25, 0.3) is 0 Å². The first-order valence-corrected chi connectivity index (χ1v) is 8.35. The number of amides is 1. The molecule has 0 unspecified atom stereocenters. The van der Waals surface area contributed by atoms with Crippen molar-refractivity contribution in [3.63, 3.8) is 0 Å². The molecule has 25 heavy (non-hydrogen) atoms. The van der Waals surface area contributed by atoms with Crippen LogP contribution in [0.3, 0.4) is 0 Å². The first-order valence-electron chi connectivity index (χ1n) is 7.60. The highest BCUT2D eigenvalue weighted by Crippen LogP contribution is 2.43. The normalized spacial score (nSPS) is 10.4. The van der Waals surface area contributed by atoms with E-state index in [0.717, 1.165) is 0 Å². The average molecular weight is 372 g/mol. The number of carbonyl (C=O) groups excluding carboxylic acids is 1. The lowest BCUT2D eigenvalue weighted by Crippen LogP contribution is -2.26. The minimum absolute atomic E-state index is 0.233. The lowest BCUT2D eigenvalue weighted by molar-refractivity contribution is 0.0999. The van der Waals surface area contributed by atoms with Gasteiger partial charge in [0.25, 0.3) is 5.91 Å². The average Bonchev–Trinajstić information content (AvgIpc) is 2.66. The van der Waals surface area contributed by atoms with Gasteiger partial charge in [-0.15, -0.1) is 0 Å². The van der Waals surface area contributed by atoms with Crippen molar-refractivity contribution in [1.29, 1.82) is 0 Å². The fourth-order valence-electron chi connectivity index (χ4n) is 2.52. The highest BCUT2D eigenvalue weighted by molar-refractivity contribution is 6.41. The fraction of sp³-hybridized carbons (Fsp3) is 0.0500. The molecule has 0 radical (unpaired) electrons. The number of nitrogens with zero attached hydrogens (tertiary/aromatic N) is 1. The molecule has 126 valence electrons. The van der Waals surface area contributed by atoms with Gasteiger partial charge in [0.15, 0.2) is 0 Å². The van der Waals surface area contributed by atoms with Crippen LogP contribution in [0.2, 0.25) is 10.0 Å². The van der Waals surface area contributed by atoms with Crippen LogP contribution in [0.4, 0.5) is 11.4 Å². The van der Waals surface area contributed by atoms with Crippen LogP contribution in [-0.2, 0) is 0 Å². The third-order valence-corrected chi connectivity index (χ3v) is 4.38. The summed E-state index contributed by atoms with van der Waals surface area (Å²) in [4.78, 5) is 14.7. The van der Waals surface area contributed by atoms with E-state index in [9.17, 15) is 4.79 Å². The summed E-state index contributed by atoms with van der Waals surface area (Å²) in [5.74, 6) is 0.215. The van der Waals surface area contributed by atoms with E-state index >= 15 is 0 Å². The SMILES string of the molecule is COc1ccc(Cl)c(N(C(=O)c2ccccc2)c2ccccc2)c1Cl. The summed E-state index contributed by atoms with van der Waals surface area (Å²) in [6, 6.07) is 21.5. The Morgan fingerprint density at radius 3 is 2.08 bits per heavy atom. The van der Waals surface area contributed by atoms with Crippen LogP contribution >= 0.6 is 23.2 Å². The van der Waals surface area contributed by atoms with Gasteiger partial charge in [0.2, 0.25) is 0 Å². The van der Waals surface area contributed by atoms with Crippen LogP contribution in [-0.4, -0.2) is 13.0 Å². The van der Waals surface area contributed by atoms with Crippen molar-refractivity contribution in [3.05, 3.63) is 88.4 Å². The van der Waals surface area contributed by atoms with Gasteiger partial charge in [-0.2, -0.15) is 0 Å². The Labute approximate surface area is 156 Å². The molecule has 3 rings (SSSR count). The van der Waals surface area contributed by atoms with E-state index in [-0.39, 0.29) is 10.9 Å². The number of ether oxygens (including phenoxy) is 1. The van der Waals surface area contributed by atoms with Crippen molar-refractivity contribution in [2.24, 2.45) is 0 Å². The number of benzene rings is 3. The predicted octanol–water partition coefficient (Wildman–Crippen LogP) is 5.98. The van der Waals surface area contributed by atoms with Gasteiger partial charge in [-0.05, 0) is 36.4 Å².